The number of hydrogen-bond acceptors (Lipinski definition) is 3. The van der Waals surface area contributed by atoms with Gasteiger partial charge in [-0.25, -0.2) is 0 Å². The maximum absolute atomic E-state index is 3.73. The van der Waals surface area contributed by atoms with Crippen LogP contribution in [0.25, 0.3) is 10.9 Å². The van der Waals surface area contributed by atoms with Gasteiger partial charge in [0.15, 0.2) is 0 Å². The molecule has 0 bridgehead atoms. The van der Waals surface area contributed by atoms with E-state index < -0.39 is 0 Å². The molecule has 2 heterocycles. The third-order valence-electron chi connectivity index (χ3n) is 5.82. The second kappa shape index (κ2) is 7.90. The van der Waals surface area contributed by atoms with Crippen molar-refractivity contribution in [2.24, 2.45) is 0 Å². The predicted octanol–water partition coefficient (Wildman–Crippen LogP) is 2.86. The van der Waals surface area contributed by atoms with Gasteiger partial charge in [0, 0.05) is 55.4 Å². The molecule has 0 amide bonds. The summed E-state index contributed by atoms with van der Waals surface area (Å²) in [6.45, 7) is 15.9. The van der Waals surface area contributed by atoms with E-state index in [0.717, 1.165) is 19.5 Å². The number of fused-ring (bicyclic) bond motifs is 1. The van der Waals surface area contributed by atoms with Crippen molar-refractivity contribution in [3.63, 3.8) is 0 Å². The molecule has 0 aliphatic carbocycles. The number of aromatic amines is 1. The van der Waals surface area contributed by atoms with Crippen molar-refractivity contribution in [2.45, 2.75) is 40.2 Å². The Morgan fingerprint density at radius 3 is 2.56 bits per heavy atom. The van der Waals surface area contributed by atoms with Crippen LogP contribution in [0.1, 0.15) is 29.3 Å². The molecule has 1 aliphatic rings. The molecule has 1 aliphatic heterocycles. The van der Waals surface area contributed by atoms with E-state index in [1.165, 1.54) is 59.5 Å². The highest BCUT2D eigenvalue weighted by atomic mass is 15.3. The second-order valence-electron chi connectivity index (χ2n) is 7.87. The summed E-state index contributed by atoms with van der Waals surface area (Å²) < 4.78 is 0. The van der Waals surface area contributed by atoms with Crippen molar-refractivity contribution in [1.82, 2.24) is 20.1 Å². The van der Waals surface area contributed by atoms with Crippen molar-refractivity contribution >= 4 is 10.9 Å². The van der Waals surface area contributed by atoms with Crippen molar-refractivity contribution in [1.29, 1.82) is 0 Å². The van der Waals surface area contributed by atoms with E-state index >= 15 is 0 Å². The van der Waals surface area contributed by atoms with Gasteiger partial charge in [-0.2, -0.15) is 0 Å². The molecule has 1 fully saturated rings. The molecule has 0 unspecified atom stereocenters. The smallest absolute Gasteiger partial charge is 0.0491 e. The number of nitrogens with zero attached hydrogens (tertiary/aromatic N) is 2. The van der Waals surface area contributed by atoms with Crippen LogP contribution >= 0.6 is 0 Å². The Kier molecular flexibility index (Phi) is 5.82. The fourth-order valence-electron chi connectivity index (χ4n) is 3.94. The van der Waals surface area contributed by atoms with Crippen LogP contribution in [0, 0.1) is 20.8 Å². The Labute approximate surface area is 152 Å². The largest absolute Gasteiger partial charge is 0.358 e. The monoisotopic (exact) mass is 342 g/mol. The summed E-state index contributed by atoms with van der Waals surface area (Å²) in [5.74, 6) is 0. The van der Waals surface area contributed by atoms with Gasteiger partial charge < -0.3 is 15.2 Å². The lowest BCUT2D eigenvalue weighted by atomic mass is 10.0. The van der Waals surface area contributed by atoms with E-state index in [9.17, 15) is 0 Å². The molecule has 4 nitrogen and oxygen atoms in total. The first-order valence-electron chi connectivity index (χ1n) is 9.67. The van der Waals surface area contributed by atoms with Crippen LogP contribution in [0.3, 0.4) is 0 Å². The standard InChI is InChI=1S/C21H34N4/c1-15-6-7-20-19(18(4)23-21(20)17(15)3)8-9-22-16(2)14-25-12-10-24(5)11-13-25/h6-7,16,22-23H,8-14H2,1-5H3/t16-/m1/s1. The SMILES string of the molecule is Cc1ccc2c(CCN[C@H](C)CN3CCN(C)CC3)c(C)[nH]c2c1C. The van der Waals surface area contributed by atoms with Gasteiger partial charge in [0.1, 0.15) is 0 Å². The third kappa shape index (κ3) is 4.25. The zero-order valence-electron chi connectivity index (χ0n) is 16.6. The zero-order valence-corrected chi connectivity index (χ0v) is 16.6. The summed E-state index contributed by atoms with van der Waals surface area (Å²) in [5.41, 5.74) is 6.84. The van der Waals surface area contributed by atoms with E-state index in [2.05, 4.69) is 67.0 Å². The van der Waals surface area contributed by atoms with Gasteiger partial charge in [-0.15, -0.1) is 0 Å². The summed E-state index contributed by atoms with van der Waals surface area (Å²) in [6, 6.07) is 5.07. The van der Waals surface area contributed by atoms with E-state index in [0.29, 0.717) is 6.04 Å². The highest BCUT2D eigenvalue weighted by Gasteiger charge is 2.16. The van der Waals surface area contributed by atoms with E-state index in [4.69, 9.17) is 0 Å². The molecule has 1 aromatic carbocycles. The van der Waals surface area contributed by atoms with E-state index in [1.54, 1.807) is 0 Å². The minimum Gasteiger partial charge on any atom is -0.358 e. The fourth-order valence-corrected chi connectivity index (χ4v) is 3.94. The van der Waals surface area contributed by atoms with Crippen LogP contribution in [0.15, 0.2) is 12.1 Å². The Morgan fingerprint density at radius 1 is 1.12 bits per heavy atom. The van der Waals surface area contributed by atoms with Gasteiger partial charge >= 0.3 is 0 Å². The van der Waals surface area contributed by atoms with Crippen LogP contribution < -0.4 is 5.32 Å². The number of rotatable bonds is 6. The minimum absolute atomic E-state index is 0.540. The third-order valence-corrected chi connectivity index (χ3v) is 5.82. The van der Waals surface area contributed by atoms with Crippen molar-refractivity contribution in [3.05, 3.63) is 34.5 Å². The molecule has 1 aromatic heterocycles. The van der Waals surface area contributed by atoms with Gasteiger partial charge in [0.25, 0.3) is 0 Å². The molecule has 0 radical (unpaired) electrons. The van der Waals surface area contributed by atoms with E-state index in [1.807, 2.05) is 0 Å². The normalized spacial score (nSPS) is 18.1. The lowest BCUT2D eigenvalue weighted by molar-refractivity contribution is 0.144. The molecule has 4 heteroatoms. The fraction of sp³-hybridized carbons (Fsp3) is 0.619. The highest BCUT2D eigenvalue weighted by molar-refractivity contribution is 5.88. The molecule has 2 aromatic rings. The molecular formula is C21H34N4. The summed E-state index contributed by atoms with van der Waals surface area (Å²) >= 11 is 0. The number of aromatic nitrogens is 1. The number of piperazine rings is 1. The quantitative estimate of drug-likeness (QED) is 0.847. The van der Waals surface area contributed by atoms with Gasteiger partial charge in [-0.05, 0) is 64.4 Å². The first kappa shape index (κ1) is 18.4. The van der Waals surface area contributed by atoms with Crippen LogP contribution in [0.4, 0.5) is 0 Å². The van der Waals surface area contributed by atoms with Gasteiger partial charge in [-0.3, -0.25) is 4.90 Å². The van der Waals surface area contributed by atoms with Crippen molar-refractivity contribution < 1.29 is 0 Å². The molecule has 2 N–H and O–H groups in total. The topological polar surface area (TPSA) is 34.3 Å². The molecule has 3 rings (SSSR count). The Morgan fingerprint density at radius 2 is 1.84 bits per heavy atom. The Balaban J connectivity index is 1.54. The molecule has 1 saturated heterocycles. The van der Waals surface area contributed by atoms with Crippen LogP contribution in [-0.2, 0) is 6.42 Å². The zero-order chi connectivity index (χ0) is 18.0. The molecule has 1 atom stereocenters. The number of benzene rings is 1. The van der Waals surface area contributed by atoms with Gasteiger partial charge in [0.2, 0.25) is 0 Å². The Hall–Kier alpha value is -1.36. The van der Waals surface area contributed by atoms with Crippen LogP contribution in [0.2, 0.25) is 0 Å². The Bertz CT molecular complexity index is 710. The van der Waals surface area contributed by atoms with Gasteiger partial charge in [-0.1, -0.05) is 12.1 Å². The summed E-state index contributed by atoms with van der Waals surface area (Å²) in [4.78, 5) is 8.60. The average molecular weight is 343 g/mol. The number of hydrogen-bond donors (Lipinski definition) is 2. The van der Waals surface area contributed by atoms with Crippen molar-refractivity contribution in [3.8, 4) is 0 Å². The number of aryl methyl sites for hydroxylation is 3. The molecular weight excluding hydrogens is 308 g/mol. The maximum atomic E-state index is 3.73. The summed E-state index contributed by atoms with van der Waals surface area (Å²) in [5, 5.41) is 5.13. The maximum Gasteiger partial charge on any atom is 0.0491 e. The summed E-state index contributed by atoms with van der Waals surface area (Å²) in [6.07, 6.45) is 1.08. The first-order chi connectivity index (χ1) is 12.0. The van der Waals surface area contributed by atoms with Crippen LogP contribution in [0.5, 0.6) is 0 Å². The first-order valence-corrected chi connectivity index (χ1v) is 9.67. The lowest BCUT2D eigenvalue weighted by Gasteiger charge is -2.34. The lowest BCUT2D eigenvalue weighted by Crippen LogP contribution is -2.49. The number of H-pyrrole nitrogens is 1. The highest BCUT2D eigenvalue weighted by Crippen LogP contribution is 2.26. The molecule has 25 heavy (non-hydrogen) atoms. The van der Waals surface area contributed by atoms with Gasteiger partial charge in [0.05, 0.1) is 0 Å². The van der Waals surface area contributed by atoms with Crippen molar-refractivity contribution in [2.75, 3.05) is 46.3 Å². The number of nitrogens with one attached hydrogen (secondary N) is 2. The molecule has 0 spiro atoms. The predicted molar refractivity (Wildman–Crippen MR) is 108 cm³/mol. The number of likely N-dealkylation sites (N-methyl/N-ethyl adjacent to an activating group) is 1. The molecule has 0 saturated carbocycles. The van der Waals surface area contributed by atoms with Crippen LogP contribution in [-0.4, -0.2) is 67.1 Å². The molecule has 138 valence electrons. The average Bonchev–Trinajstić information content (AvgIpc) is 2.90. The second-order valence-corrected chi connectivity index (χ2v) is 7.87. The summed E-state index contributed by atoms with van der Waals surface area (Å²) in [7, 11) is 2.21. The minimum atomic E-state index is 0.540. The van der Waals surface area contributed by atoms with E-state index in [-0.39, 0.29) is 0 Å².